The maximum absolute atomic E-state index is 12.6. The number of nitrogens with one attached hydrogen (secondary N) is 1. The minimum atomic E-state index is -6.09. The van der Waals surface area contributed by atoms with E-state index in [1.807, 2.05) is 30.3 Å². The second-order valence-electron chi connectivity index (χ2n) is 6.37. The molecule has 0 fully saturated rings. The van der Waals surface area contributed by atoms with Crippen molar-refractivity contribution in [2.75, 3.05) is 5.32 Å². The average Bonchev–Trinajstić information content (AvgIpc) is 3.36. The molecule has 4 rings (SSSR count). The Morgan fingerprint density at radius 1 is 1.12 bits per heavy atom. The van der Waals surface area contributed by atoms with E-state index in [1.54, 1.807) is 11.3 Å². The Balaban J connectivity index is 0.000000331. The zero-order valence-corrected chi connectivity index (χ0v) is 21.2. The highest BCUT2D eigenvalue weighted by atomic mass is 127. The number of amides is 1. The Morgan fingerprint density at radius 2 is 1.85 bits per heavy atom. The van der Waals surface area contributed by atoms with Crippen LogP contribution in [0.1, 0.15) is 15.9 Å². The summed E-state index contributed by atoms with van der Waals surface area (Å²) in [6.45, 7) is 2.06. The normalized spacial score (nSPS) is 11.7. The zero-order valence-electron chi connectivity index (χ0n) is 16.6. The summed E-state index contributed by atoms with van der Waals surface area (Å²) < 4.78 is 62.6. The van der Waals surface area contributed by atoms with Gasteiger partial charge in [-0.1, -0.05) is 34.8 Å². The number of benzene rings is 2. The predicted octanol–water partition coefficient (Wildman–Crippen LogP) is 2.10. The van der Waals surface area contributed by atoms with E-state index in [1.165, 1.54) is 23.4 Å². The van der Waals surface area contributed by atoms with Crippen molar-refractivity contribution in [1.82, 2.24) is 4.98 Å². The smallest absolute Gasteiger partial charge is 0.485 e. The molecule has 0 aliphatic carbocycles. The van der Waals surface area contributed by atoms with Crippen LogP contribution in [0, 0.1) is 13.4 Å². The SMILES string of the molecule is Cc1ccc2nc(NC(=O)c3cccc([I+]c4cccs4)c3)sc2c1.O=S(=O)([O-])C(F)(F)F. The molecule has 13 heteroatoms. The maximum Gasteiger partial charge on any atom is 0.485 e. The van der Waals surface area contributed by atoms with E-state index >= 15 is 0 Å². The fourth-order valence-corrected chi connectivity index (χ4v) is 7.11. The monoisotopic (exact) mass is 626 g/mol. The molecule has 1 N–H and O–H groups in total. The van der Waals surface area contributed by atoms with Gasteiger partial charge in [0.1, 0.15) is 0 Å². The molecule has 0 aliphatic rings. The molecular formula is C20H14F3IN2O4S3. The van der Waals surface area contributed by atoms with Crippen LogP contribution >= 0.6 is 22.7 Å². The maximum atomic E-state index is 12.6. The van der Waals surface area contributed by atoms with Gasteiger partial charge in [0.2, 0.25) is 2.88 Å². The van der Waals surface area contributed by atoms with Gasteiger partial charge in [-0.05, 0) is 48.2 Å². The van der Waals surface area contributed by atoms with Gasteiger partial charge in [0.25, 0.3) is 5.91 Å². The van der Waals surface area contributed by atoms with Crippen LogP contribution in [0.4, 0.5) is 18.3 Å². The van der Waals surface area contributed by atoms with Gasteiger partial charge in [0.15, 0.2) is 18.8 Å². The number of hydrogen-bond acceptors (Lipinski definition) is 7. The van der Waals surface area contributed by atoms with Crippen molar-refractivity contribution in [3.8, 4) is 0 Å². The molecule has 2 aromatic carbocycles. The van der Waals surface area contributed by atoms with Crippen LogP contribution in [0.2, 0.25) is 0 Å². The van der Waals surface area contributed by atoms with E-state index in [-0.39, 0.29) is 27.1 Å². The highest BCUT2D eigenvalue weighted by molar-refractivity contribution is 7.86. The van der Waals surface area contributed by atoms with Crippen LogP contribution in [0.15, 0.2) is 60.0 Å². The predicted molar refractivity (Wildman–Crippen MR) is 116 cm³/mol. The number of nitrogens with zero attached hydrogens (tertiary/aromatic N) is 1. The van der Waals surface area contributed by atoms with Crippen LogP contribution in [0.3, 0.4) is 0 Å². The van der Waals surface area contributed by atoms with Gasteiger partial charge >= 0.3 is 26.7 Å². The van der Waals surface area contributed by atoms with Crippen molar-refractivity contribution >= 4 is 54.0 Å². The minimum Gasteiger partial charge on any atom is -0.741 e. The number of halogens is 4. The molecule has 33 heavy (non-hydrogen) atoms. The van der Waals surface area contributed by atoms with E-state index in [0.29, 0.717) is 10.7 Å². The fraction of sp³-hybridized carbons (Fsp3) is 0.100. The molecule has 0 saturated carbocycles. The Morgan fingerprint density at radius 3 is 2.48 bits per heavy atom. The first kappa shape index (κ1) is 25.6. The lowest BCUT2D eigenvalue weighted by Gasteiger charge is -2.08. The molecule has 1 amide bonds. The molecular weight excluding hydrogens is 612 g/mol. The van der Waals surface area contributed by atoms with E-state index in [2.05, 4.69) is 46.9 Å². The Labute approximate surface area is 205 Å². The van der Waals surface area contributed by atoms with Crippen molar-refractivity contribution in [1.29, 1.82) is 0 Å². The van der Waals surface area contributed by atoms with E-state index in [0.717, 1.165) is 10.2 Å². The molecule has 0 spiro atoms. The third kappa shape index (κ3) is 7.20. The summed E-state index contributed by atoms with van der Waals surface area (Å²) >= 11 is 3.05. The first-order chi connectivity index (χ1) is 15.4. The number of thiophene rings is 1. The lowest BCUT2D eigenvalue weighted by atomic mass is 10.2. The van der Waals surface area contributed by atoms with Crippen molar-refractivity contribution < 1.29 is 52.1 Å². The number of anilines is 1. The molecule has 2 heterocycles. The summed E-state index contributed by atoms with van der Waals surface area (Å²) in [5, 5.41) is 5.68. The first-order valence-electron chi connectivity index (χ1n) is 8.91. The van der Waals surface area contributed by atoms with Crippen LogP contribution in [-0.4, -0.2) is 29.4 Å². The number of carbonyl (C=O) groups excluding carboxylic acids is 1. The summed E-state index contributed by atoms with van der Waals surface area (Å²) in [6, 6.07) is 18.3. The van der Waals surface area contributed by atoms with E-state index < -0.39 is 15.6 Å². The molecule has 0 aliphatic heterocycles. The van der Waals surface area contributed by atoms with Crippen molar-refractivity contribution in [2.45, 2.75) is 12.4 Å². The van der Waals surface area contributed by atoms with Gasteiger partial charge in [-0.3, -0.25) is 10.1 Å². The zero-order chi connectivity index (χ0) is 24.2. The average molecular weight is 626 g/mol. The van der Waals surface area contributed by atoms with Gasteiger partial charge in [-0.25, -0.2) is 13.4 Å². The summed E-state index contributed by atoms with van der Waals surface area (Å²) in [4.78, 5) is 17.1. The van der Waals surface area contributed by atoms with Gasteiger partial charge < -0.3 is 4.55 Å². The molecule has 174 valence electrons. The van der Waals surface area contributed by atoms with Gasteiger partial charge in [0.05, 0.1) is 10.2 Å². The highest BCUT2D eigenvalue weighted by Crippen LogP contribution is 2.27. The van der Waals surface area contributed by atoms with Gasteiger partial charge in [-0.2, -0.15) is 13.2 Å². The van der Waals surface area contributed by atoms with Gasteiger partial charge in [0, 0.05) is 17.7 Å². The van der Waals surface area contributed by atoms with Gasteiger partial charge in [-0.15, -0.1) is 0 Å². The lowest BCUT2D eigenvalue weighted by Crippen LogP contribution is -3.61. The Kier molecular flexibility index (Phi) is 8.10. The molecule has 4 aromatic rings. The minimum absolute atomic E-state index is 0.104. The van der Waals surface area contributed by atoms with Crippen LogP contribution < -0.4 is 26.5 Å². The molecule has 0 atom stereocenters. The topological polar surface area (TPSA) is 99.2 Å². The summed E-state index contributed by atoms with van der Waals surface area (Å²) in [5.74, 6) is -0.104. The highest BCUT2D eigenvalue weighted by Gasteiger charge is 2.36. The van der Waals surface area contributed by atoms with Crippen LogP contribution in [0.25, 0.3) is 10.2 Å². The molecule has 0 saturated heterocycles. The number of carbonyl (C=O) groups is 1. The number of alkyl halides is 3. The number of aryl methyl sites for hydroxylation is 1. The van der Waals surface area contributed by atoms with Crippen LogP contribution in [0.5, 0.6) is 0 Å². The Bertz CT molecular complexity index is 1370. The Hall–Kier alpha value is -2.07. The number of thiazole rings is 1. The van der Waals surface area contributed by atoms with Crippen LogP contribution in [-0.2, 0) is 10.1 Å². The molecule has 6 nitrogen and oxygen atoms in total. The van der Waals surface area contributed by atoms with Crippen molar-refractivity contribution in [3.05, 3.63) is 77.6 Å². The molecule has 0 unspecified atom stereocenters. The number of fused-ring (bicyclic) bond motifs is 1. The second-order valence-corrected chi connectivity index (χ2v) is 13.4. The summed E-state index contributed by atoms with van der Waals surface area (Å²) in [7, 11) is -6.09. The molecule has 2 aromatic heterocycles. The van der Waals surface area contributed by atoms with E-state index in [9.17, 15) is 18.0 Å². The fourth-order valence-electron chi connectivity index (χ4n) is 2.36. The standard InChI is InChI=1S/C19H13IN2OS2.CHF3O3S/c1-12-7-8-15-16(10-12)25-19(21-15)22-18(23)13-4-2-5-14(11-13)20-17-6-3-9-24-17;2-1(3,4)8(5,6)7/h2-11H,1H3;(H,5,6,7). The molecule has 0 radical (unpaired) electrons. The molecule has 0 bridgehead atoms. The lowest BCUT2D eigenvalue weighted by molar-refractivity contribution is -0.591. The summed E-state index contributed by atoms with van der Waals surface area (Å²) in [5.41, 5.74) is -2.85. The quantitative estimate of drug-likeness (QED) is 0.213. The number of hydrogen-bond donors (Lipinski definition) is 1. The van der Waals surface area contributed by atoms with Crippen molar-refractivity contribution in [2.24, 2.45) is 0 Å². The van der Waals surface area contributed by atoms with Crippen molar-refractivity contribution in [3.63, 3.8) is 0 Å². The summed E-state index contributed by atoms with van der Waals surface area (Å²) in [6.07, 6.45) is 0. The van der Waals surface area contributed by atoms with E-state index in [4.69, 9.17) is 13.0 Å². The third-order valence-electron chi connectivity index (χ3n) is 3.82. The first-order valence-corrected chi connectivity index (χ1v) is 14.2. The second kappa shape index (κ2) is 10.5. The number of aromatic nitrogens is 1. The number of rotatable bonds is 4. The largest absolute Gasteiger partial charge is 0.741 e. The third-order valence-corrected chi connectivity index (χ3v) is 9.44.